The Balaban J connectivity index is 1.59. The molecular weight excluding hydrogens is 318 g/mol. The highest BCUT2D eigenvalue weighted by atomic mass is 32.1. The van der Waals surface area contributed by atoms with Gasteiger partial charge in [-0.2, -0.15) is 5.10 Å². The Morgan fingerprint density at radius 2 is 1.88 bits per heavy atom. The SMILES string of the molecule is Cc1[nH]c2ccccc2c1/C=N/NC(=O)c1csc2ccccc12. The third kappa shape index (κ3) is 2.49. The van der Waals surface area contributed by atoms with Crippen LogP contribution < -0.4 is 5.43 Å². The van der Waals surface area contributed by atoms with Crippen molar-refractivity contribution in [2.24, 2.45) is 5.10 Å². The van der Waals surface area contributed by atoms with Crippen molar-refractivity contribution in [1.29, 1.82) is 0 Å². The Hall–Kier alpha value is -2.92. The lowest BCUT2D eigenvalue weighted by molar-refractivity contribution is 0.0957. The molecule has 118 valence electrons. The summed E-state index contributed by atoms with van der Waals surface area (Å²) >= 11 is 1.56. The largest absolute Gasteiger partial charge is 0.358 e. The lowest BCUT2D eigenvalue weighted by Gasteiger charge is -1.98. The number of hydrogen-bond acceptors (Lipinski definition) is 3. The molecule has 5 heteroatoms. The van der Waals surface area contributed by atoms with Gasteiger partial charge in [0, 0.05) is 37.6 Å². The number of para-hydroxylation sites is 1. The van der Waals surface area contributed by atoms with Crippen molar-refractivity contribution in [3.05, 3.63) is 70.7 Å². The van der Waals surface area contributed by atoms with Crippen LogP contribution in [0.3, 0.4) is 0 Å². The minimum absolute atomic E-state index is 0.193. The predicted octanol–water partition coefficient (Wildman–Crippen LogP) is 4.45. The summed E-state index contributed by atoms with van der Waals surface area (Å²) in [5, 5.41) is 8.06. The second-order valence-electron chi connectivity index (χ2n) is 5.55. The second kappa shape index (κ2) is 5.94. The Bertz CT molecular complexity index is 1070. The maximum absolute atomic E-state index is 12.4. The molecule has 2 N–H and O–H groups in total. The van der Waals surface area contributed by atoms with Gasteiger partial charge in [-0.15, -0.1) is 11.3 Å². The molecule has 2 aromatic carbocycles. The van der Waals surface area contributed by atoms with Crippen LogP contribution in [-0.4, -0.2) is 17.1 Å². The monoisotopic (exact) mass is 333 g/mol. The molecule has 0 aliphatic heterocycles. The molecule has 0 saturated heterocycles. The highest BCUT2D eigenvalue weighted by Gasteiger charge is 2.11. The zero-order valence-electron chi connectivity index (χ0n) is 13.0. The first kappa shape index (κ1) is 14.7. The van der Waals surface area contributed by atoms with Gasteiger partial charge in [0.15, 0.2) is 0 Å². The highest BCUT2D eigenvalue weighted by Crippen LogP contribution is 2.25. The topological polar surface area (TPSA) is 57.2 Å². The number of hydrogen-bond donors (Lipinski definition) is 2. The summed E-state index contributed by atoms with van der Waals surface area (Å²) in [6, 6.07) is 15.9. The first-order valence-corrected chi connectivity index (χ1v) is 8.49. The molecule has 4 aromatic rings. The molecule has 0 radical (unpaired) electrons. The summed E-state index contributed by atoms with van der Waals surface area (Å²) in [4.78, 5) is 15.7. The van der Waals surface area contributed by atoms with Crippen molar-refractivity contribution in [1.82, 2.24) is 10.4 Å². The molecule has 24 heavy (non-hydrogen) atoms. The van der Waals surface area contributed by atoms with Crippen molar-refractivity contribution in [2.45, 2.75) is 6.92 Å². The average molecular weight is 333 g/mol. The zero-order valence-corrected chi connectivity index (χ0v) is 13.9. The molecule has 0 aliphatic rings. The van der Waals surface area contributed by atoms with Gasteiger partial charge in [0.1, 0.15) is 0 Å². The van der Waals surface area contributed by atoms with Gasteiger partial charge in [0.25, 0.3) is 5.91 Å². The van der Waals surface area contributed by atoms with Gasteiger partial charge < -0.3 is 4.98 Å². The van der Waals surface area contributed by atoms with Crippen LogP contribution in [0.5, 0.6) is 0 Å². The molecule has 0 atom stereocenters. The molecule has 2 heterocycles. The minimum atomic E-state index is -0.193. The van der Waals surface area contributed by atoms with Crippen LogP contribution >= 0.6 is 11.3 Å². The van der Waals surface area contributed by atoms with Crippen molar-refractivity contribution >= 4 is 44.4 Å². The standard InChI is InChI=1S/C19H15N3OS/c1-12-15(13-6-2-4-8-17(13)21-12)10-20-22-19(23)16-11-24-18-9-5-3-7-14(16)18/h2-11,21H,1H3,(H,22,23)/b20-10+. The lowest BCUT2D eigenvalue weighted by atomic mass is 10.1. The first-order valence-electron chi connectivity index (χ1n) is 7.61. The van der Waals surface area contributed by atoms with E-state index in [9.17, 15) is 4.79 Å². The quantitative estimate of drug-likeness (QED) is 0.422. The Morgan fingerprint density at radius 1 is 1.12 bits per heavy atom. The van der Waals surface area contributed by atoms with Crippen LogP contribution in [0, 0.1) is 6.92 Å². The molecule has 4 rings (SSSR count). The summed E-state index contributed by atoms with van der Waals surface area (Å²) < 4.78 is 1.10. The maximum Gasteiger partial charge on any atom is 0.272 e. The van der Waals surface area contributed by atoms with E-state index in [0.29, 0.717) is 5.56 Å². The van der Waals surface area contributed by atoms with E-state index in [4.69, 9.17) is 0 Å². The number of aromatic nitrogens is 1. The van der Waals surface area contributed by atoms with Gasteiger partial charge in [-0.3, -0.25) is 4.79 Å². The number of nitrogens with zero attached hydrogens (tertiary/aromatic N) is 1. The first-order chi connectivity index (χ1) is 11.7. The Labute approximate surface area is 142 Å². The second-order valence-corrected chi connectivity index (χ2v) is 6.47. The number of aryl methyl sites for hydroxylation is 1. The van der Waals surface area contributed by atoms with E-state index >= 15 is 0 Å². The van der Waals surface area contributed by atoms with E-state index in [2.05, 4.69) is 15.5 Å². The molecule has 0 fully saturated rings. The average Bonchev–Trinajstić information content (AvgIpc) is 3.16. The number of benzene rings is 2. The fraction of sp³-hybridized carbons (Fsp3) is 0.0526. The van der Waals surface area contributed by atoms with Crippen molar-refractivity contribution in [3.8, 4) is 0 Å². The smallest absolute Gasteiger partial charge is 0.272 e. The lowest BCUT2D eigenvalue weighted by Crippen LogP contribution is -2.17. The number of H-pyrrole nitrogens is 1. The zero-order chi connectivity index (χ0) is 16.5. The van der Waals surface area contributed by atoms with E-state index in [1.165, 1.54) is 0 Å². The Kier molecular flexibility index (Phi) is 3.63. The van der Waals surface area contributed by atoms with Crippen LogP contribution in [0.15, 0.2) is 59.0 Å². The third-order valence-corrected chi connectivity index (χ3v) is 4.99. The van der Waals surface area contributed by atoms with Crippen molar-refractivity contribution in [3.63, 3.8) is 0 Å². The van der Waals surface area contributed by atoms with Crippen LogP contribution in [0.2, 0.25) is 0 Å². The van der Waals surface area contributed by atoms with Crippen molar-refractivity contribution < 1.29 is 4.79 Å². The van der Waals surface area contributed by atoms with Crippen LogP contribution in [0.1, 0.15) is 21.6 Å². The van der Waals surface area contributed by atoms with E-state index < -0.39 is 0 Å². The van der Waals surface area contributed by atoms with Gasteiger partial charge in [-0.1, -0.05) is 36.4 Å². The van der Waals surface area contributed by atoms with Gasteiger partial charge in [0.2, 0.25) is 0 Å². The molecule has 0 aliphatic carbocycles. The van der Waals surface area contributed by atoms with E-state index in [1.54, 1.807) is 17.6 Å². The number of amides is 1. The summed E-state index contributed by atoms with van der Waals surface area (Å²) in [6.45, 7) is 2.00. The maximum atomic E-state index is 12.4. The summed E-state index contributed by atoms with van der Waals surface area (Å²) in [5.41, 5.74) is 6.36. The fourth-order valence-electron chi connectivity index (χ4n) is 2.83. The normalized spacial score (nSPS) is 11.5. The number of carbonyl (C=O) groups is 1. The number of hydrazone groups is 1. The number of nitrogens with one attached hydrogen (secondary N) is 2. The van der Waals surface area contributed by atoms with Gasteiger partial charge in [-0.25, -0.2) is 5.43 Å². The number of rotatable bonds is 3. The Morgan fingerprint density at radius 3 is 2.75 bits per heavy atom. The molecular formula is C19H15N3OS. The molecule has 0 saturated carbocycles. The van der Waals surface area contributed by atoms with Crippen LogP contribution in [0.4, 0.5) is 0 Å². The number of carbonyl (C=O) groups excluding carboxylic acids is 1. The van der Waals surface area contributed by atoms with E-state index in [0.717, 1.165) is 32.2 Å². The van der Waals surface area contributed by atoms with Gasteiger partial charge in [0.05, 0.1) is 11.8 Å². The fourth-order valence-corrected chi connectivity index (χ4v) is 3.77. The van der Waals surface area contributed by atoms with Crippen LogP contribution in [-0.2, 0) is 0 Å². The molecule has 1 amide bonds. The minimum Gasteiger partial charge on any atom is -0.358 e. The molecule has 2 aromatic heterocycles. The highest BCUT2D eigenvalue weighted by molar-refractivity contribution is 7.17. The molecule has 0 bridgehead atoms. The molecule has 0 unspecified atom stereocenters. The summed E-state index contributed by atoms with van der Waals surface area (Å²) in [7, 11) is 0. The number of fused-ring (bicyclic) bond motifs is 2. The van der Waals surface area contributed by atoms with Crippen LogP contribution in [0.25, 0.3) is 21.0 Å². The summed E-state index contributed by atoms with van der Waals surface area (Å²) in [5.74, 6) is -0.193. The number of thiophene rings is 1. The third-order valence-electron chi connectivity index (χ3n) is 4.03. The summed E-state index contributed by atoms with van der Waals surface area (Å²) in [6.07, 6.45) is 1.70. The van der Waals surface area contributed by atoms with Gasteiger partial charge in [-0.05, 0) is 19.1 Å². The van der Waals surface area contributed by atoms with E-state index in [1.807, 2.05) is 60.8 Å². The predicted molar refractivity (Wildman–Crippen MR) is 99.9 cm³/mol. The molecule has 4 nitrogen and oxygen atoms in total. The van der Waals surface area contributed by atoms with Gasteiger partial charge >= 0.3 is 0 Å². The number of aromatic amines is 1. The van der Waals surface area contributed by atoms with E-state index in [-0.39, 0.29) is 5.91 Å². The van der Waals surface area contributed by atoms with Crippen molar-refractivity contribution in [2.75, 3.05) is 0 Å². The molecule has 0 spiro atoms.